The van der Waals surface area contributed by atoms with Gasteiger partial charge in [-0.15, -0.1) is 0 Å². The molecule has 12 heavy (non-hydrogen) atoms. The Labute approximate surface area is 72.0 Å². The Kier molecular flexibility index (Phi) is 1.80. The van der Waals surface area contributed by atoms with Gasteiger partial charge >= 0.3 is 0 Å². The van der Waals surface area contributed by atoms with Crippen LogP contribution in [0.15, 0.2) is 0 Å². The van der Waals surface area contributed by atoms with Crippen LogP contribution in [0.1, 0.15) is 19.3 Å². The van der Waals surface area contributed by atoms with Gasteiger partial charge in [0.25, 0.3) is 0 Å². The van der Waals surface area contributed by atoms with Crippen LogP contribution in [0.5, 0.6) is 0 Å². The lowest BCUT2D eigenvalue weighted by atomic mass is 9.92. The molecule has 66 valence electrons. The minimum absolute atomic E-state index is 0.0217. The van der Waals surface area contributed by atoms with E-state index in [-0.39, 0.29) is 12.0 Å². The van der Waals surface area contributed by atoms with E-state index in [0.717, 1.165) is 12.8 Å². The zero-order valence-corrected chi connectivity index (χ0v) is 7.20. The smallest absolute Gasteiger partial charge is 0.117 e. The Bertz CT molecular complexity index is 223. The van der Waals surface area contributed by atoms with E-state index in [4.69, 9.17) is 5.26 Å². The fraction of sp³-hybridized carbons (Fsp3) is 0.889. The summed E-state index contributed by atoms with van der Waals surface area (Å²) in [7, 11) is 1.97. The fourth-order valence-electron chi connectivity index (χ4n) is 2.51. The fourth-order valence-corrected chi connectivity index (χ4v) is 2.51. The number of hydrogen-bond acceptors (Lipinski definition) is 2. The van der Waals surface area contributed by atoms with Crippen molar-refractivity contribution in [1.29, 1.82) is 5.26 Å². The summed E-state index contributed by atoms with van der Waals surface area (Å²) in [5.74, 6) is 0.0944. The molecule has 2 nitrogen and oxygen atoms in total. The lowest BCUT2D eigenvalue weighted by molar-refractivity contribution is 0.130. The van der Waals surface area contributed by atoms with E-state index in [1.807, 2.05) is 7.05 Å². The third kappa shape index (κ3) is 1.02. The first kappa shape index (κ1) is 8.00. The summed E-state index contributed by atoms with van der Waals surface area (Å²) < 4.78 is 13.3. The highest BCUT2D eigenvalue weighted by molar-refractivity contribution is 5.03. The van der Waals surface area contributed by atoms with Crippen molar-refractivity contribution in [3.05, 3.63) is 0 Å². The van der Waals surface area contributed by atoms with Crippen LogP contribution in [-0.4, -0.2) is 30.2 Å². The summed E-state index contributed by atoms with van der Waals surface area (Å²) in [4.78, 5) is 2.11. The predicted molar refractivity (Wildman–Crippen MR) is 43.2 cm³/mol. The number of nitrogens with zero attached hydrogens (tertiary/aromatic N) is 2. The van der Waals surface area contributed by atoms with Crippen LogP contribution in [0.3, 0.4) is 0 Å². The lowest BCUT2D eigenvalue weighted by Gasteiger charge is -2.33. The van der Waals surface area contributed by atoms with Crippen molar-refractivity contribution in [1.82, 2.24) is 4.90 Å². The quantitative estimate of drug-likeness (QED) is 0.545. The minimum Gasteiger partial charge on any atom is -0.297 e. The molecule has 0 aromatic heterocycles. The monoisotopic (exact) mass is 168 g/mol. The first-order valence-corrected chi connectivity index (χ1v) is 4.48. The highest BCUT2D eigenvalue weighted by Gasteiger charge is 2.45. The van der Waals surface area contributed by atoms with Crippen molar-refractivity contribution in [2.24, 2.45) is 5.92 Å². The minimum atomic E-state index is -0.696. The number of nitriles is 1. The molecule has 2 heterocycles. The molecule has 2 saturated heterocycles. The summed E-state index contributed by atoms with van der Waals surface area (Å²) in [6.45, 7) is 0. The van der Waals surface area contributed by atoms with Crippen LogP contribution in [-0.2, 0) is 0 Å². The molecule has 4 atom stereocenters. The highest BCUT2D eigenvalue weighted by Crippen LogP contribution is 2.38. The first-order chi connectivity index (χ1) is 5.72. The molecule has 0 amide bonds. The third-order valence-corrected chi connectivity index (χ3v) is 3.28. The van der Waals surface area contributed by atoms with Crippen molar-refractivity contribution >= 4 is 0 Å². The normalized spacial score (nSPS) is 47.4. The molecule has 2 fully saturated rings. The topological polar surface area (TPSA) is 27.0 Å². The van der Waals surface area contributed by atoms with Crippen molar-refractivity contribution in [3.8, 4) is 6.07 Å². The van der Waals surface area contributed by atoms with E-state index in [9.17, 15) is 4.39 Å². The Balaban J connectivity index is 2.14. The first-order valence-electron chi connectivity index (χ1n) is 4.48. The Morgan fingerprint density at radius 2 is 2.17 bits per heavy atom. The molecule has 2 rings (SSSR count). The van der Waals surface area contributed by atoms with Gasteiger partial charge in [-0.1, -0.05) is 0 Å². The third-order valence-electron chi connectivity index (χ3n) is 3.28. The molecule has 2 aliphatic heterocycles. The molecular formula is C9H13FN2. The SMILES string of the molecule is CN1C2CC(C#N)CC1C(F)C2. The molecule has 0 aliphatic carbocycles. The van der Waals surface area contributed by atoms with Gasteiger partial charge in [-0.3, -0.25) is 4.90 Å². The van der Waals surface area contributed by atoms with Crippen molar-refractivity contribution in [2.45, 2.75) is 37.5 Å². The largest absolute Gasteiger partial charge is 0.297 e. The van der Waals surface area contributed by atoms with Crippen LogP contribution >= 0.6 is 0 Å². The molecule has 4 unspecified atom stereocenters. The molecule has 0 N–H and O–H groups in total. The van der Waals surface area contributed by atoms with Gasteiger partial charge < -0.3 is 0 Å². The Morgan fingerprint density at radius 3 is 2.75 bits per heavy atom. The van der Waals surface area contributed by atoms with E-state index in [1.54, 1.807) is 0 Å². The van der Waals surface area contributed by atoms with Crippen molar-refractivity contribution < 1.29 is 4.39 Å². The van der Waals surface area contributed by atoms with Crippen LogP contribution in [0.25, 0.3) is 0 Å². The maximum Gasteiger partial charge on any atom is 0.117 e. The number of halogens is 1. The molecule has 0 spiro atoms. The van der Waals surface area contributed by atoms with Gasteiger partial charge in [-0.25, -0.2) is 4.39 Å². The standard InChI is InChI=1S/C9H13FN2/c1-12-7-2-6(5-11)3-9(12)8(10)4-7/h6-9H,2-4H2,1H3. The molecule has 0 radical (unpaired) electrons. The maximum atomic E-state index is 13.3. The zero-order chi connectivity index (χ0) is 8.72. The molecular weight excluding hydrogens is 155 g/mol. The number of fused-ring (bicyclic) bond motifs is 2. The van der Waals surface area contributed by atoms with Crippen LogP contribution < -0.4 is 0 Å². The van der Waals surface area contributed by atoms with E-state index in [2.05, 4.69) is 11.0 Å². The molecule has 3 heteroatoms. The van der Waals surface area contributed by atoms with Crippen molar-refractivity contribution in [3.63, 3.8) is 0 Å². The van der Waals surface area contributed by atoms with E-state index in [0.29, 0.717) is 12.5 Å². The van der Waals surface area contributed by atoms with Gasteiger partial charge in [0.05, 0.1) is 6.07 Å². The molecule has 0 aromatic rings. The van der Waals surface area contributed by atoms with Gasteiger partial charge in [0.15, 0.2) is 0 Å². The van der Waals surface area contributed by atoms with E-state index in [1.165, 1.54) is 0 Å². The molecule has 2 bridgehead atoms. The van der Waals surface area contributed by atoms with Gasteiger partial charge in [0, 0.05) is 18.0 Å². The average Bonchev–Trinajstić information content (AvgIpc) is 2.24. The van der Waals surface area contributed by atoms with Gasteiger partial charge in [-0.05, 0) is 26.3 Å². The average molecular weight is 168 g/mol. The Hall–Kier alpha value is -0.620. The number of alkyl halides is 1. The van der Waals surface area contributed by atoms with Crippen LogP contribution in [0, 0.1) is 17.2 Å². The van der Waals surface area contributed by atoms with Crippen molar-refractivity contribution in [2.75, 3.05) is 7.05 Å². The second-order valence-electron chi connectivity index (χ2n) is 3.94. The number of hydrogen-bond donors (Lipinski definition) is 0. The van der Waals surface area contributed by atoms with Crippen LogP contribution in [0.2, 0.25) is 0 Å². The second kappa shape index (κ2) is 2.70. The van der Waals surface area contributed by atoms with Gasteiger partial charge in [0.1, 0.15) is 6.17 Å². The Morgan fingerprint density at radius 1 is 1.42 bits per heavy atom. The lowest BCUT2D eigenvalue weighted by Crippen LogP contribution is -2.41. The summed E-state index contributed by atoms with van der Waals surface area (Å²) in [6.07, 6.45) is 1.53. The molecule has 2 aliphatic rings. The number of piperidine rings is 1. The van der Waals surface area contributed by atoms with Gasteiger partial charge in [0.2, 0.25) is 0 Å². The summed E-state index contributed by atoms with van der Waals surface area (Å²) >= 11 is 0. The molecule has 0 saturated carbocycles. The highest BCUT2D eigenvalue weighted by atomic mass is 19.1. The van der Waals surface area contributed by atoms with Crippen LogP contribution in [0.4, 0.5) is 4.39 Å². The predicted octanol–water partition coefficient (Wildman–Crippen LogP) is 1.33. The van der Waals surface area contributed by atoms with E-state index >= 15 is 0 Å². The number of rotatable bonds is 0. The summed E-state index contributed by atoms with van der Waals surface area (Å²) in [5.41, 5.74) is 0. The summed E-state index contributed by atoms with van der Waals surface area (Å²) in [6, 6.07) is 2.60. The zero-order valence-electron chi connectivity index (χ0n) is 7.20. The van der Waals surface area contributed by atoms with Gasteiger partial charge in [-0.2, -0.15) is 5.26 Å². The second-order valence-corrected chi connectivity index (χ2v) is 3.94. The summed E-state index contributed by atoms with van der Waals surface area (Å²) in [5, 5.41) is 8.74. The maximum absolute atomic E-state index is 13.3. The molecule has 0 aromatic carbocycles. The van der Waals surface area contributed by atoms with E-state index < -0.39 is 6.17 Å².